The number of rotatable bonds is 13. The molecule has 0 unspecified atom stereocenters. The number of cyclic esters (lactones) is 1. The largest absolute Gasteiger partial charge is 0.480 e. The zero-order chi connectivity index (χ0) is 38.6. The molecule has 1 fully saturated rings. The van der Waals surface area contributed by atoms with Crippen molar-refractivity contribution in [1.29, 1.82) is 0 Å². The summed E-state index contributed by atoms with van der Waals surface area (Å²) in [5.74, 6) is -3.06. The molecule has 2 aliphatic heterocycles. The molecule has 12 atom stereocenters. The standard InChI is InChI=1S/C39H69N3O9/c1-12-34-26(4)20-24(2)14-15-32(43)25(3)21-30(16-19-42(29(7)38(47)48)18-13-17-40(8)9)37(28(6)33(44)23-35(45)50-34)51-39-36(46)31(41(10)11)22-27(5)49-39/h14-15,20,25-31,33-34,36-37,39,44,46H,12-13,16-19,21-23H2,1-11H3,(H,47,48)/b15-14+,24-20+/t25-,26+,27-,28+,29+,30+,31+,33-,34-,36-,37-,39+/m1/s1. The quantitative estimate of drug-likeness (QED) is 0.236. The number of ether oxygens (including phenoxy) is 3. The van der Waals surface area contributed by atoms with Crippen LogP contribution in [0.5, 0.6) is 0 Å². The molecule has 0 aliphatic carbocycles. The lowest BCUT2D eigenvalue weighted by atomic mass is 9.79. The third-order valence-electron chi connectivity index (χ3n) is 10.7. The molecule has 0 amide bonds. The van der Waals surface area contributed by atoms with Gasteiger partial charge in [-0.2, -0.15) is 0 Å². The van der Waals surface area contributed by atoms with Crippen molar-refractivity contribution in [2.75, 3.05) is 47.8 Å². The van der Waals surface area contributed by atoms with Gasteiger partial charge in [0.2, 0.25) is 0 Å². The lowest BCUT2D eigenvalue weighted by Crippen LogP contribution is -2.56. The van der Waals surface area contributed by atoms with Crippen LogP contribution >= 0.6 is 0 Å². The van der Waals surface area contributed by atoms with Crippen molar-refractivity contribution in [3.8, 4) is 0 Å². The predicted molar refractivity (Wildman–Crippen MR) is 198 cm³/mol. The molecule has 1 saturated heterocycles. The van der Waals surface area contributed by atoms with Crippen molar-refractivity contribution >= 4 is 17.7 Å². The third-order valence-corrected chi connectivity index (χ3v) is 10.7. The van der Waals surface area contributed by atoms with Gasteiger partial charge in [-0.05, 0) is 106 Å². The number of aliphatic hydroxyl groups is 2. The Hall–Kier alpha value is -2.19. The van der Waals surface area contributed by atoms with Gasteiger partial charge in [-0.1, -0.05) is 45.4 Å². The summed E-state index contributed by atoms with van der Waals surface area (Å²) in [6.07, 6.45) is 3.29. The van der Waals surface area contributed by atoms with Gasteiger partial charge >= 0.3 is 11.9 Å². The van der Waals surface area contributed by atoms with Crippen LogP contribution in [0.4, 0.5) is 0 Å². The van der Waals surface area contributed by atoms with Crippen LogP contribution in [0.2, 0.25) is 0 Å². The Morgan fingerprint density at radius 2 is 1.69 bits per heavy atom. The highest BCUT2D eigenvalue weighted by Crippen LogP contribution is 2.35. The molecular formula is C39H69N3O9. The van der Waals surface area contributed by atoms with Gasteiger partial charge in [-0.3, -0.25) is 19.3 Å². The minimum absolute atomic E-state index is 0.0603. The first-order valence-electron chi connectivity index (χ1n) is 18.9. The monoisotopic (exact) mass is 724 g/mol. The van der Waals surface area contributed by atoms with Gasteiger partial charge in [0.1, 0.15) is 18.2 Å². The Labute approximate surface area is 307 Å². The average Bonchev–Trinajstić information content (AvgIpc) is 3.05. The fourth-order valence-corrected chi connectivity index (χ4v) is 7.35. The van der Waals surface area contributed by atoms with Gasteiger partial charge in [-0.15, -0.1) is 0 Å². The summed E-state index contributed by atoms with van der Waals surface area (Å²) in [4.78, 5) is 45.0. The lowest BCUT2D eigenvalue weighted by Gasteiger charge is -2.45. The smallest absolute Gasteiger partial charge is 0.320 e. The van der Waals surface area contributed by atoms with Crippen LogP contribution in [0.25, 0.3) is 0 Å². The van der Waals surface area contributed by atoms with E-state index in [1.807, 2.05) is 85.6 Å². The first-order valence-corrected chi connectivity index (χ1v) is 18.9. The number of ketones is 1. The van der Waals surface area contributed by atoms with Gasteiger partial charge in [0.15, 0.2) is 12.1 Å². The summed E-state index contributed by atoms with van der Waals surface area (Å²) in [6, 6.07) is -0.983. The van der Waals surface area contributed by atoms with E-state index in [4.69, 9.17) is 14.2 Å². The number of aliphatic hydroxyl groups excluding tert-OH is 2. The maximum absolute atomic E-state index is 13.6. The summed E-state index contributed by atoms with van der Waals surface area (Å²) in [7, 11) is 7.75. The number of carbonyl (C=O) groups excluding carboxylic acids is 2. The minimum Gasteiger partial charge on any atom is -0.480 e. The van der Waals surface area contributed by atoms with Gasteiger partial charge in [-0.25, -0.2) is 0 Å². The van der Waals surface area contributed by atoms with Crippen molar-refractivity contribution in [2.45, 2.75) is 136 Å². The highest BCUT2D eigenvalue weighted by atomic mass is 16.7. The molecule has 51 heavy (non-hydrogen) atoms. The van der Waals surface area contributed by atoms with Crippen molar-refractivity contribution in [3.05, 3.63) is 23.8 Å². The Bertz CT molecular complexity index is 1160. The van der Waals surface area contributed by atoms with Crippen molar-refractivity contribution in [2.24, 2.45) is 23.7 Å². The van der Waals surface area contributed by atoms with E-state index >= 15 is 0 Å². The molecule has 0 radical (unpaired) electrons. The van der Waals surface area contributed by atoms with Crippen molar-refractivity contribution < 1.29 is 43.9 Å². The van der Waals surface area contributed by atoms with Crippen LogP contribution < -0.4 is 0 Å². The van der Waals surface area contributed by atoms with Crippen LogP contribution in [0.15, 0.2) is 23.8 Å². The molecule has 0 aromatic carbocycles. The number of carboxylic acids is 1. The Kier molecular flexibility index (Phi) is 19.0. The SMILES string of the molecule is CC[C@H]1OC(=O)C[C@@H](O)[C@H](C)[C@@H](O[C@@H]2O[C@H](C)C[C@H](N(C)C)[C@H]2O)[C@@H](CCN(CCCN(C)C)[C@@H](C)C(=O)O)C[C@@H](C)C(=O)/C=C/C(C)=C/[C@@H]1C. The first kappa shape index (κ1) is 45.0. The predicted octanol–water partition coefficient (Wildman–Crippen LogP) is 3.99. The Morgan fingerprint density at radius 1 is 1.02 bits per heavy atom. The molecule has 0 spiro atoms. The lowest BCUT2D eigenvalue weighted by molar-refractivity contribution is -0.283. The molecule has 2 rings (SSSR count). The van der Waals surface area contributed by atoms with E-state index in [2.05, 4.69) is 4.90 Å². The molecule has 12 nitrogen and oxygen atoms in total. The number of aliphatic carboxylic acids is 1. The topological polar surface area (TPSA) is 149 Å². The number of carbonyl (C=O) groups is 3. The highest BCUT2D eigenvalue weighted by molar-refractivity contribution is 5.91. The van der Waals surface area contributed by atoms with E-state index in [0.29, 0.717) is 38.8 Å². The van der Waals surface area contributed by atoms with Crippen LogP contribution in [-0.2, 0) is 28.6 Å². The summed E-state index contributed by atoms with van der Waals surface area (Å²) < 4.78 is 18.8. The van der Waals surface area contributed by atoms with Crippen molar-refractivity contribution in [3.63, 3.8) is 0 Å². The van der Waals surface area contributed by atoms with Crippen molar-refractivity contribution in [1.82, 2.24) is 14.7 Å². The number of likely N-dealkylation sites (N-methyl/N-ethyl adjacent to an activating group) is 1. The third kappa shape index (κ3) is 14.3. The van der Waals surface area contributed by atoms with Gasteiger partial charge in [0.25, 0.3) is 0 Å². The molecule has 2 aliphatic rings. The second-order valence-corrected chi connectivity index (χ2v) is 15.6. The average molecular weight is 724 g/mol. The molecule has 294 valence electrons. The molecule has 0 aromatic rings. The molecule has 0 saturated carbocycles. The van der Waals surface area contributed by atoms with Crippen LogP contribution in [-0.4, -0.2) is 144 Å². The minimum atomic E-state index is -1.16. The van der Waals surface area contributed by atoms with E-state index in [-0.39, 0.29) is 36.2 Å². The number of carboxylic acid groups (broad SMARTS) is 1. The molecule has 0 aromatic heterocycles. The van der Waals surface area contributed by atoms with E-state index in [0.717, 1.165) is 18.5 Å². The molecule has 3 N–H and O–H groups in total. The second kappa shape index (κ2) is 21.5. The maximum atomic E-state index is 13.6. The van der Waals surface area contributed by atoms with Gasteiger partial charge in [0.05, 0.1) is 24.7 Å². The normalized spacial score (nSPS) is 35.8. The maximum Gasteiger partial charge on any atom is 0.320 e. The summed E-state index contributed by atoms with van der Waals surface area (Å²) in [5.41, 5.74) is 0.875. The van der Waals surface area contributed by atoms with E-state index in [1.165, 1.54) is 0 Å². The number of esters is 1. The number of hydrogen-bond donors (Lipinski definition) is 3. The fraction of sp³-hybridized carbons (Fsp3) is 0.821. The van der Waals surface area contributed by atoms with Gasteiger partial charge in [0, 0.05) is 30.3 Å². The highest BCUT2D eigenvalue weighted by Gasteiger charge is 2.43. The van der Waals surface area contributed by atoms with Crippen LogP contribution in [0.1, 0.15) is 87.0 Å². The summed E-state index contributed by atoms with van der Waals surface area (Å²) in [6.45, 7) is 14.9. The molecule has 0 bridgehead atoms. The molecule has 2 heterocycles. The molecular weight excluding hydrogens is 654 g/mol. The first-order chi connectivity index (χ1) is 23.9. The summed E-state index contributed by atoms with van der Waals surface area (Å²) in [5, 5.41) is 33.1. The fourth-order valence-electron chi connectivity index (χ4n) is 7.35. The van der Waals surface area contributed by atoms with E-state index in [1.54, 1.807) is 19.1 Å². The van der Waals surface area contributed by atoms with Crippen LogP contribution in [0, 0.1) is 23.7 Å². The zero-order valence-electron chi connectivity index (χ0n) is 33.2. The second-order valence-electron chi connectivity index (χ2n) is 15.6. The molecule has 12 heteroatoms. The van der Waals surface area contributed by atoms with Gasteiger partial charge < -0.3 is 39.3 Å². The number of allylic oxidation sites excluding steroid dienone is 3. The number of hydrogen-bond acceptors (Lipinski definition) is 11. The number of nitrogens with zero attached hydrogens (tertiary/aromatic N) is 3. The Morgan fingerprint density at radius 3 is 2.27 bits per heavy atom. The zero-order valence-corrected chi connectivity index (χ0v) is 33.2. The van der Waals surface area contributed by atoms with E-state index in [9.17, 15) is 29.7 Å². The van der Waals surface area contributed by atoms with Crippen LogP contribution in [0.3, 0.4) is 0 Å². The van der Waals surface area contributed by atoms with E-state index < -0.39 is 60.5 Å². The Balaban J connectivity index is 2.63. The summed E-state index contributed by atoms with van der Waals surface area (Å²) >= 11 is 0.